The first kappa shape index (κ1) is 28.6. The van der Waals surface area contributed by atoms with Crippen LogP contribution in [0.4, 0.5) is 31.8 Å². The summed E-state index contributed by atoms with van der Waals surface area (Å²) in [5, 5.41) is 7.07. The molecule has 3 aromatic carbocycles. The number of nitrogens with zero attached hydrogens (tertiary/aromatic N) is 4. The molecule has 11 heteroatoms. The minimum atomic E-state index is -3.05. The number of nitrogens with one attached hydrogen (secondary N) is 2. The number of benzene rings is 3. The minimum Gasteiger partial charge on any atom is -0.368 e. The van der Waals surface area contributed by atoms with Gasteiger partial charge < -0.3 is 25.0 Å². The van der Waals surface area contributed by atoms with Crippen LogP contribution in [-0.4, -0.2) is 47.6 Å². The molecule has 1 amide bonds. The summed E-state index contributed by atoms with van der Waals surface area (Å²) in [6.07, 6.45) is 0.385. The molecule has 0 spiro atoms. The summed E-state index contributed by atoms with van der Waals surface area (Å²) < 4.78 is 29.8. The molecule has 2 fully saturated rings. The maximum Gasteiger partial charge on any atom is 0.259 e. The molecule has 0 radical (unpaired) electrons. The van der Waals surface area contributed by atoms with Gasteiger partial charge in [0.1, 0.15) is 5.41 Å². The molecule has 0 unspecified atom stereocenters. The van der Waals surface area contributed by atoms with Crippen LogP contribution in [0.1, 0.15) is 25.3 Å². The van der Waals surface area contributed by atoms with Crippen molar-refractivity contribution < 1.29 is 13.6 Å². The summed E-state index contributed by atoms with van der Waals surface area (Å²) in [4.78, 5) is 21.9. The van der Waals surface area contributed by atoms with Gasteiger partial charge in [-0.3, -0.25) is 4.79 Å². The molecule has 1 saturated carbocycles. The van der Waals surface area contributed by atoms with E-state index in [9.17, 15) is 13.6 Å². The van der Waals surface area contributed by atoms with E-state index >= 15 is 0 Å². The van der Waals surface area contributed by atoms with Crippen LogP contribution in [0, 0.1) is 5.41 Å². The van der Waals surface area contributed by atoms with Gasteiger partial charge in [-0.15, -0.1) is 0 Å². The molecule has 7 nitrogen and oxygen atoms in total. The summed E-state index contributed by atoms with van der Waals surface area (Å²) in [5.74, 6) is -3.11. The summed E-state index contributed by atoms with van der Waals surface area (Å²) in [6.45, 7) is 4.41. The molecule has 1 aliphatic heterocycles. The fraction of sp³-hybridized carbons (Fsp3) is 0.355. The Balaban J connectivity index is 1.17. The van der Waals surface area contributed by atoms with Gasteiger partial charge in [-0.2, -0.15) is 0 Å². The van der Waals surface area contributed by atoms with E-state index in [1.54, 1.807) is 18.2 Å². The quantitative estimate of drug-likeness (QED) is 0.224. The van der Waals surface area contributed by atoms with Crippen molar-refractivity contribution in [3.63, 3.8) is 0 Å². The molecule has 1 aliphatic carbocycles. The Kier molecular flexibility index (Phi) is 7.43. The fourth-order valence-electron chi connectivity index (χ4n) is 5.64. The SMILES string of the molecule is Cn1c(Nc2cc(CNC(=O)C3(C(C)(F)F)CC3)ccc2Cl)nc2cc(Cl)c(N3CCN(c4ccccc4)CC3)cc21. The number of fused-ring (bicyclic) bond motifs is 1. The van der Waals surface area contributed by atoms with Crippen LogP contribution >= 0.6 is 23.2 Å². The molecule has 2 N–H and O–H groups in total. The molecule has 4 aromatic rings. The van der Waals surface area contributed by atoms with E-state index in [1.807, 2.05) is 23.7 Å². The number of imidazole rings is 1. The van der Waals surface area contributed by atoms with Crippen LogP contribution in [0.15, 0.2) is 60.7 Å². The zero-order valence-corrected chi connectivity index (χ0v) is 24.9. The largest absolute Gasteiger partial charge is 0.368 e. The van der Waals surface area contributed by atoms with Gasteiger partial charge in [0.05, 0.1) is 32.5 Å². The number of hydrogen-bond acceptors (Lipinski definition) is 5. The predicted octanol–water partition coefficient (Wildman–Crippen LogP) is 7.00. The molecule has 2 heterocycles. The number of aromatic nitrogens is 2. The van der Waals surface area contributed by atoms with Crippen molar-refractivity contribution in [3.8, 4) is 0 Å². The lowest BCUT2D eigenvalue weighted by atomic mass is 9.98. The molecule has 42 heavy (non-hydrogen) atoms. The first-order chi connectivity index (χ1) is 20.1. The highest BCUT2D eigenvalue weighted by Gasteiger charge is 2.64. The molecular weight excluding hydrogens is 581 g/mol. The number of halogens is 4. The number of carbonyl (C=O) groups is 1. The van der Waals surface area contributed by atoms with Crippen LogP contribution < -0.4 is 20.4 Å². The third kappa shape index (κ3) is 5.36. The van der Waals surface area contributed by atoms with Gasteiger partial charge in [-0.1, -0.05) is 47.5 Å². The maximum absolute atomic E-state index is 13.9. The van der Waals surface area contributed by atoms with Gasteiger partial charge in [-0.05, 0) is 54.8 Å². The number of aryl methyl sites for hydroxylation is 1. The van der Waals surface area contributed by atoms with Crippen molar-refractivity contribution in [2.45, 2.75) is 32.2 Å². The smallest absolute Gasteiger partial charge is 0.259 e. The summed E-state index contributed by atoms with van der Waals surface area (Å²) in [5.41, 5.74) is 3.57. The lowest BCUT2D eigenvalue weighted by molar-refractivity contribution is -0.141. The number of carbonyl (C=O) groups excluding carboxylic acids is 1. The Bertz CT molecular complexity index is 1630. The van der Waals surface area contributed by atoms with Crippen LogP contribution in [0.2, 0.25) is 10.0 Å². The van der Waals surface area contributed by atoms with Crippen molar-refractivity contribution >= 4 is 63.2 Å². The zero-order valence-electron chi connectivity index (χ0n) is 23.4. The Labute approximate surface area is 253 Å². The molecule has 1 aromatic heterocycles. The van der Waals surface area contributed by atoms with E-state index in [4.69, 9.17) is 28.2 Å². The van der Waals surface area contributed by atoms with Gasteiger partial charge in [0.2, 0.25) is 11.9 Å². The van der Waals surface area contributed by atoms with Crippen LogP contribution in [0.25, 0.3) is 11.0 Å². The zero-order chi connectivity index (χ0) is 29.6. The van der Waals surface area contributed by atoms with E-state index in [0.717, 1.165) is 55.4 Å². The lowest BCUT2D eigenvalue weighted by Crippen LogP contribution is -2.46. The monoisotopic (exact) mass is 612 g/mol. The number of piperazine rings is 1. The topological polar surface area (TPSA) is 65.4 Å². The number of para-hydroxylation sites is 1. The third-order valence-electron chi connectivity index (χ3n) is 8.45. The van der Waals surface area contributed by atoms with Crippen molar-refractivity contribution in [1.29, 1.82) is 0 Å². The van der Waals surface area contributed by atoms with Crippen molar-refractivity contribution in [2.75, 3.05) is 41.3 Å². The first-order valence-corrected chi connectivity index (χ1v) is 14.7. The van der Waals surface area contributed by atoms with Crippen molar-refractivity contribution in [3.05, 3.63) is 76.3 Å². The van der Waals surface area contributed by atoms with Crippen LogP contribution in [0.3, 0.4) is 0 Å². The molecule has 6 rings (SSSR count). The van der Waals surface area contributed by atoms with E-state index in [1.165, 1.54) is 5.69 Å². The van der Waals surface area contributed by atoms with Crippen LogP contribution in [-0.2, 0) is 18.4 Å². The third-order valence-corrected chi connectivity index (χ3v) is 9.08. The van der Waals surface area contributed by atoms with E-state index in [0.29, 0.717) is 21.7 Å². The first-order valence-electron chi connectivity index (χ1n) is 14.0. The minimum absolute atomic E-state index is 0.113. The highest BCUT2D eigenvalue weighted by Crippen LogP contribution is 2.56. The molecule has 0 atom stereocenters. The predicted molar refractivity (Wildman–Crippen MR) is 165 cm³/mol. The Hall–Kier alpha value is -3.56. The summed E-state index contributed by atoms with van der Waals surface area (Å²) >= 11 is 13.2. The maximum atomic E-state index is 13.9. The molecule has 2 aliphatic rings. The number of anilines is 4. The Morgan fingerprint density at radius 1 is 0.976 bits per heavy atom. The normalized spacial score (nSPS) is 16.5. The van der Waals surface area contributed by atoms with E-state index in [-0.39, 0.29) is 19.4 Å². The van der Waals surface area contributed by atoms with Crippen molar-refractivity contribution in [1.82, 2.24) is 14.9 Å². The van der Waals surface area contributed by atoms with Gasteiger partial charge in [0, 0.05) is 52.4 Å². The number of alkyl halides is 2. The second-order valence-electron chi connectivity index (χ2n) is 11.2. The molecule has 1 saturated heterocycles. The Morgan fingerprint density at radius 2 is 1.67 bits per heavy atom. The highest BCUT2D eigenvalue weighted by atomic mass is 35.5. The van der Waals surface area contributed by atoms with Crippen molar-refractivity contribution in [2.24, 2.45) is 12.5 Å². The average molecular weight is 614 g/mol. The van der Waals surface area contributed by atoms with E-state index in [2.05, 4.69) is 50.8 Å². The average Bonchev–Trinajstić information content (AvgIpc) is 3.75. The second kappa shape index (κ2) is 10.9. The number of rotatable bonds is 8. The van der Waals surface area contributed by atoms with E-state index < -0.39 is 17.2 Å². The fourth-order valence-corrected chi connectivity index (χ4v) is 6.08. The van der Waals surface area contributed by atoms with Gasteiger partial charge in [-0.25, -0.2) is 13.8 Å². The molecular formula is C31H32Cl2F2N6O. The lowest BCUT2D eigenvalue weighted by Gasteiger charge is -2.37. The highest BCUT2D eigenvalue weighted by molar-refractivity contribution is 6.34. The second-order valence-corrected chi connectivity index (χ2v) is 12.0. The number of hydrogen-bond donors (Lipinski definition) is 2. The summed E-state index contributed by atoms with van der Waals surface area (Å²) in [6, 6.07) is 19.6. The van der Waals surface area contributed by atoms with Crippen LogP contribution in [0.5, 0.6) is 0 Å². The summed E-state index contributed by atoms with van der Waals surface area (Å²) in [7, 11) is 1.92. The van der Waals surface area contributed by atoms with Gasteiger partial charge in [0.25, 0.3) is 5.92 Å². The number of amides is 1. The molecule has 220 valence electrons. The standard InChI is InChI=1S/C31H32Cl2F2N6O/c1-30(34,35)31(10-11-31)28(42)36-19-20-8-9-22(32)24(16-20)37-29-38-25-17-23(33)26(18-27(25)39(29)2)41-14-12-40(13-15-41)21-6-4-3-5-7-21/h3-9,16-18H,10-15,19H2,1-2H3,(H,36,42)(H,37,38). The Morgan fingerprint density at radius 3 is 2.33 bits per heavy atom. The molecule has 0 bridgehead atoms. The van der Waals surface area contributed by atoms with Gasteiger partial charge in [0.15, 0.2) is 0 Å². The van der Waals surface area contributed by atoms with Gasteiger partial charge >= 0.3 is 0 Å².